The minimum Gasteiger partial charge on any atom is -0.496 e. The Balaban J connectivity index is 1.38. The molecule has 1 atom stereocenters. The van der Waals surface area contributed by atoms with Crippen LogP contribution in [0.25, 0.3) is 11.3 Å². The fourth-order valence-corrected chi connectivity index (χ4v) is 7.04. The molecule has 45 heavy (non-hydrogen) atoms. The molecular weight excluding hydrogens is 609 g/mol. The van der Waals surface area contributed by atoms with Crippen molar-refractivity contribution in [2.24, 2.45) is 11.8 Å². The molecule has 2 aliphatic rings. The van der Waals surface area contributed by atoms with Crippen LogP contribution in [0.4, 0.5) is 24.1 Å². The van der Waals surface area contributed by atoms with Crippen LogP contribution in [0, 0.1) is 11.8 Å². The number of thiazole rings is 1. The number of aliphatic carboxylic acids is 1. The van der Waals surface area contributed by atoms with Crippen LogP contribution in [0.1, 0.15) is 66.9 Å². The first-order valence-electron chi connectivity index (χ1n) is 15.0. The summed E-state index contributed by atoms with van der Waals surface area (Å²) in [5.74, 6) is -0.944. The van der Waals surface area contributed by atoms with Gasteiger partial charge in [0.05, 0.1) is 36.7 Å². The zero-order chi connectivity index (χ0) is 32.3. The molecule has 0 aliphatic carbocycles. The van der Waals surface area contributed by atoms with Crippen molar-refractivity contribution in [2.45, 2.75) is 64.7 Å². The highest BCUT2D eigenvalue weighted by Crippen LogP contribution is 2.41. The zero-order valence-electron chi connectivity index (χ0n) is 25.4. The van der Waals surface area contributed by atoms with Gasteiger partial charge in [-0.25, -0.2) is 15.0 Å². The number of benzene rings is 1. The van der Waals surface area contributed by atoms with Crippen molar-refractivity contribution >= 4 is 34.2 Å². The zero-order valence-corrected chi connectivity index (χ0v) is 26.2. The van der Waals surface area contributed by atoms with Crippen LogP contribution in [-0.4, -0.2) is 69.6 Å². The Labute approximate surface area is 263 Å². The second kappa shape index (κ2) is 13.7. The number of methoxy groups -OCH3 is 1. The van der Waals surface area contributed by atoms with Gasteiger partial charge in [-0.2, -0.15) is 13.2 Å². The van der Waals surface area contributed by atoms with Crippen LogP contribution in [-0.2, 0) is 17.5 Å². The number of halogens is 3. The number of carbonyl (C=O) groups excluding carboxylic acids is 1. The van der Waals surface area contributed by atoms with Gasteiger partial charge in [-0.1, -0.05) is 25.2 Å². The maximum Gasteiger partial charge on any atom is 0.419 e. The molecule has 2 saturated heterocycles. The third-order valence-corrected chi connectivity index (χ3v) is 9.28. The summed E-state index contributed by atoms with van der Waals surface area (Å²) in [7, 11) is 1.20. The summed E-state index contributed by atoms with van der Waals surface area (Å²) >= 11 is 1.24. The van der Waals surface area contributed by atoms with E-state index in [1.54, 1.807) is 6.07 Å². The van der Waals surface area contributed by atoms with Crippen molar-refractivity contribution in [3.63, 3.8) is 0 Å². The number of carbonyl (C=O) groups is 2. The lowest BCUT2D eigenvalue weighted by atomic mass is 9.97. The maximum atomic E-state index is 13.9. The third kappa shape index (κ3) is 7.72. The minimum atomic E-state index is -4.62. The molecule has 10 nitrogen and oxygen atoms in total. The van der Waals surface area contributed by atoms with Crippen LogP contribution >= 0.6 is 11.3 Å². The number of carboxylic acid groups (broad SMARTS) is 1. The number of hydrogen-bond donors (Lipinski definition) is 2. The maximum absolute atomic E-state index is 13.9. The number of hydrogen-bond acceptors (Lipinski definition) is 9. The van der Waals surface area contributed by atoms with Crippen LogP contribution in [0.2, 0.25) is 0 Å². The fraction of sp³-hybridized carbons (Fsp3) is 0.516. The van der Waals surface area contributed by atoms with E-state index >= 15 is 0 Å². The molecule has 5 rings (SSSR count). The number of nitrogens with zero attached hydrogens (tertiary/aromatic N) is 5. The van der Waals surface area contributed by atoms with E-state index in [2.05, 4.69) is 39.0 Å². The van der Waals surface area contributed by atoms with Gasteiger partial charge in [0.1, 0.15) is 17.3 Å². The molecular formula is C31H37F3N6O4S. The summed E-state index contributed by atoms with van der Waals surface area (Å²) in [5, 5.41) is 12.2. The van der Waals surface area contributed by atoms with E-state index in [1.807, 2.05) is 4.90 Å². The van der Waals surface area contributed by atoms with Crippen molar-refractivity contribution in [1.29, 1.82) is 0 Å². The predicted octanol–water partition coefficient (Wildman–Crippen LogP) is 6.19. The molecule has 1 aromatic carbocycles. The van der Waals surface area contributed by atoms with E-state index in [9.17, 15) is 27.9 Å². The molecule has 14 heteroatoms. The fourth-order valence-electron chi connectivity index (χ4n) is 6.03. The van der Waals surface area contributed by atoms with Gasteiger partial charge in [0.25, 0.3) is 5.91 Å². The average molecular weight is 647 g/mol. The number of carboxylic acids is 1. The van der Waals surface area contributed by atoms with Crippen molar-refractivity contribution in [3.8, 4) is 17.0 Å². The molecule has 0 radical (unpaired) electrons. The van der Waals surface area contributed by atoms with Gasteiger partial charge in [-0.05, 0) is 62.8 Å². The third-order valence-electron chi connectivity index (χ3n) is 8.32. The molecule has 0 unspecified atom stereocenters. The number of alkyl halides is 3. The summed E-state index contributed by atoms with van der Waals surface area (Å²) in [6.07, 6.45) is 2.33. The SMILES string of the molecule is COc1ccc(-c2nc(NC(=O)c3cnc(N4CCC(C(=O)O)CC4)cn3)sc2CN2CCC[C@H]2CC(C)C)cc1C(F)(F)F. The van der Waals surface area contributed by atoms with Crippen LogP contribution < -0.4 is 15.0 Å². The normalized spacial score (nSPS) is 18.0. The Morgan fingerprint density at radius 1 is 1.13 bits per heavy atom. The lowest BCUT2D eigenvalue weighted by Crippen LogP contribution is -2.36. The van der Waals surface area contributed by atoms with Crippen LogP contribution in [0.3, 0.4) is 0 Å². The molecule has 0 spiro atoms. The standard InChI is InChI=1S/C31H37F3N6O4S/c1-18(2)13-21-5-4-10-40(21)17-25-27(20-6-7-24(44-3)22(14-20)31(32,33)34)37-30(45-25)38-28(41)23-15-36-26(16-35-23)39-11-8-19(9-12-39)29(42)43/h6-7,14-16,18-19,21H,4-5,8-13,17H2,1-3H3,(H,42,43)(H,37,38,41)/t21-/m0/s1. The molecule has 1 amide bonds. The number of amides is 1. The van der Waals surface area contributed by atoms with Gasteiger partial charge in [-0.15, -0.1) is 0 Å². The van der Waals surface area contributed by atoms with Gasteiger partial charge in [-0.3, -0.25) is 19.8 Å². The molecule has 0 saturated carbocycles. The summed E-state index contributed by atoms with van der Waals surface area (Å²) in [6, 6.07) is 4.25. The summed E-state index contributed by atoms with van der Waals surface area (Å²) in [6.45, 7) is 6.78. The summed E-state index contributed by atoms with van der Waals surface area (Å²) in [4.78, 5) is 42.7. The summed E-state index contributed by atoms with van der Waals surface area (Å²) < 4.78 is 46.6. The first kappa shape index (κ1) is 32.6. The number of likely N-dealkylation sites (tertiary alicyclic amines) is 1. The molecule has 2 aliphatic heterocycles. The second-order valence-electron chi connectivity index (χ2n) is 11.9. The van der Waals surface area contributed by atoms with Crippen molar-refractivity contribution in [2.75, 3.05) is 37.0 Å². The van der Waals surface area contributed by atoms with E-state index in [0.717, 1.165) is 36.8 Å². The van der Waals surface area contributed by atoms with Gasteiger partial charge in [0, 0.05) is 36.1 Å². The van der Waals surface area contributed by atoms with Gasteiger partial charge in [0.2, 0.25) is 0 Å². The smallest absolute Gasteiger partial charge is 0.419 e. The second-order valence-corrected chi connectivity index (χ2v) is 13.0. The molecule has 2 N–H and O–H groups in total. The average Bonchev–Trinajstić information content (AvgIpc) is 3.62. The number of piperidine rings is 1. The van der Waals surface area contributed by atoms with Crippen molar-refractivity contribution in [3.05, 3.63) is 46.7 Å². The highest BCUT2D eigenvalue weighted by Gasteiger charge is 2.35. The minimum absolute atomic E-state index is 0.0535. The Bertz CT molecular complexity index is 1510. The van der Waals surface area contributed by atoms with Crippen LogP contribution in [0.5, 0.6) is 5.75 Å². The molecule has 0 bridgehead atoms. The first-order valence-corrected chi connectivity index (χ1v) is 15.8. The summed E-state index contributed by atoms with van der Waals surface area (Å²) in [5.41, 5.74) is -0.179. The Kier molecular flexibility index (Phi) is 9.92. The number of aromatic nitrogens is 3. The van der Waals surface area contributed by atoms with E-state index in [4.69, 9.17) is 4.74 Å². The van der Waals surface area contributed by atoms with E-state index in [1.165, 1.54) is 36.9 Å². The molecule has 4 heterocycles. The highest BCUT2D eigenvalue weighted by atomic mass is 32.1. The number of rotatable bonds is 10. The van der Waals surface area contributed by atoms with E-state index < -0.39 is 23.6 Å². The molecule has 242 valence electrons. The van der Waals surface area contributed by atoms with Crippen LogP contribution in [0.15, 0.2) is 30.6 Å². The van der Waals surface area contributed by atoms with E-state index in [0.29, 0.717) is 55.9 Å². The number of anilines is 2. The lowest BCUT2D eigenvalue weighted by Gasteiger charge is -2.30. The van der Waals surface area contributed by atoms with E-state index in [-0.39, 0.29) is 28.1 Å². The predicted molar refractivity (Wildman–Crippen MR) is 165 cm³/mol. The monoisotopic (exact) mass is 646 g/mol. The molecule has 2 aromatic heterocycles. The molecule has 2 fully saturated rings. The largest absolute Gasteiger partial charge is 0.496 e. The quantitative estimate of drug-likeness (QED) is 0.266. The van der Waals surface area contributed by atoms with Crippen molar-refractivity contribution < 1.29 is 32.6 Å². The number of nitrogens with one attached hydrogen (secondary N) is 1. The lowest BCUT2D eigenvalue weighted by molar-refractivity contribution is -0.142. The number of ether oxygens (including phenoxy) is 1. The topological polar surface area (TPSA) is 121 Å². The Morgan fingerprint density at radius 3 is 2.51 bits per heavy atom. The van der Waals surface area contributed by atoms with Crippen molar-refractivity contribution in [1.82, 2.24) is 19.9 Å². The highest BCUT2D eigenvalue weighted by molar-refractivity contribution is 7.16. The van der Waals surface area contributed by atoms with Gasteiger partial charge >= 0.3 is 12.1 Å². The Hall–Kier alpha value is -3.78. The molecule has 3 aromatic rings. The van der Waals surface area contributed by atoms with Gasteiger partial charge < -0.3 is 14.7 Å². The van der Waals surface area contributed by atoms with Gasteiger partial charge in [0.15, 0.2) is 5.13 Å². The Morgan fingerprint density at radius 2 is 1.89 bits per heavy atom. The first-order chi connectivity index (χ1) is 21.4.